The fraction of sp³-hybridized carbons (Fsp3) is 0.341. The Morgan fingerprint density at radius 1 is 1.09 bits per heavy atom. The molecule has 4 aliphatic heterocycles. The Balaban J connectivity index is 1.11. The molecule has 2 aromatic carbocycles. The van der Waals surface area contributed by atoms with Crippen LogP contribution in [0.5, 0.6) is 11.8 Å². The maximum Gasteiger partial charge on any atom is 0.319 e. The fourth-order valence-electron chi connectivity index (χ4n) is 9.11. The number of halogens is 5. The minimum atomic E-state index is -0.992. The van der Waals surface area contributed by atoms with Crippen molar-refractivity contribution in [3.05, 3.63) is 82.0 Å². The van der Waals surface area contributed by atoms with Crippen molar-refractivity contribution in [2.45, 2.75) is 55.9 Å². The summed E-state index contributed by atoms with van der Waals surface area (Å²) in [6.45, 7) is 1.66. The van der Waals surface area contributed by atoms with Gasteiger partial charge in [-0.15, -0.1) is 6.42 Å². The van der Waals surface area contributed by atoms with Crippen LogP contribution in [0, 0.1) is 24.0 Å². The van der Waals surface area contributed by atoms with Gasteiger partial charge in [0.15, 0.2) is 11.6 Å². The largest absolute Gasteiger partial charge is 0.508 e. The van der Waals surface area contributed by atoms with Crippen molar-refractivity contribution in [1.82, 2.24) is 29.7 Å². The number of carbonyl (C=O) groups excluding carboxylic acids is 1. The molecule has 3 aromatic heterocycles. The summed E-state index contributed by atoms with van der Waals surface area (Å²) in [6, 6.07) is 7.70. The lowest BCUT2D eigenvalue weighted by molar-refractivity contribution is -0.131. The second kappa shape index (κ2) is 14.0. The first-order valence-electron chi connectivity index (χ1n) is 18.4. The summed E-state index contributed by atoms with van der Waals surface area (Å²) in [4.78, 5) is 37.0. The average Bonchev–Trinajstić information content (AvgIpc) is 3.80. The SMILES string of the molecule is C#Cc1c(F)ccc2cc(O)cc(-c3ncc4c(N5C[C@H]6CC[C@@H](C5)N6C(=O)/C(F)=C/c5ccc(Br)cn5)nc(OC[C@@]56CCCN5C[C@H](F)C6)nc4c3F)c12. The molecular formula is C41H34BrF4N7O3. The number of aromatic hydroxyl groups is 1. The van der Waals surface area contributed by atoms with Crippen molar-refractivity contribution in [2.75, 3.05) is 37.7 Å². The Kier molecular flexibility index (Phi) is 9.08. The third-order valence-corrected chi connectivity index (χ3v) is 12.0. The molecule has 4 atom stereocenters. The fourth-order valence-corrected chi connectivity index (χ4v) is 9.34. The van der Waals surface area contributed by atoms with Crippen LogP contribution in [0.2, 0.25) is 0 Å². The molecule has 0 saturated carbocycles. The smallest absolute Gasteiger partial charge is 0.319 e. The highest BCUT2D eigenvalue weighted by Crippen LogP contribution is 2.43. The lowest BCUT2D eigenvalue weighted by Gasteiger charge is -2.41. The first-order valence-corrected chi connectivity index (χ1v) is 19.2. The van der Waals surface area contributed by atoms with E-state index in [1.807, 2.05) is 4.90 Å². The van der Waals surface area contributed by atoms with Gasteiger partial charge in [-0.2, -0.15) is 9.97 Å². The number of anilines is 1. The third-order valence-electron chi connectivity index (χ3n) is 11.6. The van der Waals surface area contributed by atoms with E-state index < -0.39 is 35.1 Å². The second-order valence-electron chi connectivity index (χ2n) is 14.9. The van der Waals surface area contributed by atoms with Gasteiger partial charge in [0.05, 0.1) is 34.3 Å². The van der Waals surface area contributed by atoms with Gasteiger partial charge >= 0.3 is 6.01 Å². The second-order valence-corrected chi connectivity index (χ2v) is 15.8. The molecule has 9 rings (SSSR count). The van der Waals surface area contributed by atoms with E-state index in [0.717, 1.165) is 29.9 Å². The highest BCUT2D eigenvalue weighted by atomic mass is 79.9. The Morgan fingerprint density at radius 2 is 1.89 bits per heavy atom. The van der Waals surface area contributed by atoms with Crippen molar-refractivity contribution >= 4 is 55.4 Å². The average molecular weight is 829 g/mol. The number of aromatic nitrogens is 4. The standard InChI is InChI=1S/C41H34BrF4N7O3/c1-2-29-32(44)9-4-22-12-28(54)14-30(34(22)29)36-35(46)37-31(17-48-36)38(50-40(49-37)56-21-41-10-3-11-52(41)18-24(43)15-41)51-19-26-7-8-27(20-51)53(26)39(55)33(45)13-25-6-5-23(42)16-47-25/h1,4-6,9,12-14,16-17,24,26-27,54H,3,7-8,10-11,15,18-21H2/b33-13-/t24-,26-,27+,41+/m1/s1. The molecule has 4 fully saturated rings. The molecule has 5 aromatic rings. The maximum absolute atomic E-state index is 17.1. The Morgan fingerprint density at radius 3 is 2.64 bits per heavy atom. The number of hydrogen-bond donors (Lipinski definition) is 1. The highest BCUT2D eigenvalue weighted by molar-refractivity contribution is 9.10. The number of amides is 1. The first-order chi connectivity index (χ1) is 27.0. The number of benzene rings is 2. The minimum absolute atomic E-state index is 0.0634. The molecular weight excluding hydrogens is 794 g/mol. The summed E-state index contributed by atoms with van der Waals surface area (Å²) in [5.41, 5.74) is -0.665. The molecule has 15 heteroatoms. The van der Waals surface area contributed by atoms with Crippen LogP contribution in [0.1, 0.15) is 43.4 Å². The quantitative estimate of drug-likeness (QED) is 0.104. The van der Waals surface area contributed by atoms with Crippen LogP contribution >= 0.6 is 15.9 Å². The Labute approximate surface area is 327 Å². The van der Waals surface area contributed by atoms with E-state index in [1.165, 1.54) is 36.7 Å². The maximum atomic E-state index is 17.1. The van der Waals surface area contributed by atoms with Crippen molar-refractivity contribution in [3.8, 4) is 35.4 Å². The van der Waals surface area contributed by atoms with Crippen LogP contribution in [0.3, 0.4) is 0 Å². The summed E-state index contributed by atoms with van der Waals surface area (Å²) in [6.07, 6.45) is 11.9. The molecule has 0 radical (unpaired) electrons. The number of piperazine rings is 1. The van der Waals surface area contributed by atoms with Crippen LogP contribution in [0.15, 0.2) is 59.1 Å². The lowest BCUT2D eigenvalue weighted by Crippen LogP contribution is -2.56. The molecule has 1 amide bonds. The van der Waals surface area contributed by atoms with Crippen LogP contribution < -0.4 is 9.64 Å². The molecule has 0 unspecified atom stereocenters. The highest BCUT2D eigenvalue weighted by Gasteiger charge is 2.50. The zero-order valence-electron chi connectivity index (χ0n) is 29.9. The number of hydrogen-bond acceptors (Lipinski definition) is 9. The van der Waals surface area contributed by atoms with Crippen molar-refractivity contribution in [3.63, 3.8) is 0 Å². The third kappa shape index (κ3) is 6.19. The predicted octanol–water partition coefficient (Wildman–Crippen LogP) is 7.11. The summed E-state index contributed by atoms with van der Waals surface area (Å²) in [5, 5.41) is 11.4. The van der Waals surface area contributed by atoms with Crippen LogP contribution in [-0.2, 0) is 4.79 Å². The summed E-state index contributed by atoms with van der Waals surface area (Å²) < 4.78 is 69.1. The van der Waals surface area contributed by atoms with E-state index in [-0.39, 0.29) is 76.7 Å². The number of phenols is 1. The zero-order chi connectivity index (χ0) is 38.9. The topological polar surface area (TPSA) is 108 Å². The number of alkyl halides is 1. The Bertz CT molecular complexity index is 2480. The van der Waals surface area contributed by atoms with Crippen molar-refractivity contribution in [2.24, 2.45) is 0 Å². The number of terminal acetylenes is 1. The van der Waals surface area contributed by atoms with Gasteiger partial charge in [-0.3, -0.25) is 19.7 Å². The number of phenolic OH excluding ortho intramolecular Hbond substituents is 1. The number of fused-ring (bicyclic) bond motifs is 5. The van der Waals surface area contributed by atoms with Gasteiger partial charge in [-0.05, 0) is 83.9 Å². The molecule has 2 bridgehead atoms. The number of carbonyl (C=O) groups is 1. The molecule has 286 valence electrons. The molecule has 10 nitrogen and oxygen atoms in total. The summed E-state index contributed by atoms with van der Waals surface area (Å²) >= 11 is 3.30. The van der Waals surface area contributed by atoms with Gasteiger partial charge in [-0.25, -0.2) is 17.6 Å². The van der Waals surface area contributed by atoms with Gasteiger partial charge in [-0.1, -0.05) is 12.0 Å². The van der Waals surface area contributed by atoms with Gasteiger partial charge in [0.1, 0.15) is 41.4 Å². The molecule has 1 N–H and O–H groups in total. The zero-order valence-corrected chi connectivity index (χ0v) is 31.4. The molecule has 7 heterocycles. The molecule has 4 saturated heterocycles. The number of ether oxygens (including phenoxy) is 1. The van der Waals surface area contributed by atoms with Crippen molar-refractivity contribution in [1.29, 1.82) is 0 Å². The monoisotopic (exact) mass is 827 g/mol. The van der Waals surface area contributed by atoms with E-state index in [9.17, 15) is 18.7 Å². The normalized spacial score (nSPS) is 23.6. The molecule has 0 aliphatic carbocycles. The van der Waals surface area contributed by atoms with E-state index in [1.54, 1.807) is 17.0 Å². The predicted molar refractivity (Wildman–Crippen MR) is 205 cm³/mol. The van der Waals surface area contributed by atoms with Gasteiger partial charge < -0.3 is 19.6 Å². The van der Waals surface area contributed by atoms with Crippen LogP contribution in [-0.4, -0.2) is 97.3 Å². The van der Waals surface area contributed by atoms with E-state index >= 15 is 8.78 Å². The minimum Gasteiger partial charge on any atom is -0.508 e. The number of pyridine rings is 2. The number of rotatable bonds is 7. The summed E-state index contributed by atoms with van der Waals surface area (Å²) in [5.74, 6) is -0.799. The molecule has 4 aliphatic rings. The van der Waals surface area contributed by atoms with E-state index in [2.05, 4.69) is 41.7 Å². The van der Waals surface area contributed by atoms with Gasteiger partial charge in [0.25, 0.3) is 5.91 Å². The number of nitrogens with zero attached hydrogens (tertiary/aromatic N) is 7. The van der Waals surface area contributed by atoms with Crippen LogP contribution in [0.4, 0.5) is 23.4 Å². The van der Waals surface area contributed by atoms with Gasteiger partial charge in [0, 0.05) is 59.9 Å². The molecule has 0 spiro atoms. The Hall–Kier alpha value is -5.33. The lowest BCUT2D eigenvalue weighted by atomic mass is 9.95. The molecule has 56 heavy (non-hydrogen) atoms. The van der Waals surface area contributed by atoms with Crippen LogP contribution in [0.25, 0.3) is 39.0 Å². The van der Waals surface area contributed by atoms with E-state index in [0.29, 0.717) is 42.7 Å². The van der Waals surface area contributed by atoms with E-state index in [4.69, 9.17) is 16.1 Å². The first kappa shape index (κ1) is 36.3. The van der Waals surface area contributed by atoms with Crippen molar-refractivity contribution < 1.29 is 32.2 Å². The van der Waals surface area contributed by atoms with Gasteiger partial charge in [0.2, 0.25) is 0 Å². The summed E-state index contributed by atoms with van der Waals surface area (Å²) in [7, 11) is 0.